The van der Waals surface area contributed by atoms with E-state index in [-0.39, 0.29) is 23.9 Å². The highest BCUT2D eigenvalue weighted by atomic mass is 16.2. The quantitative estimate of drug-likeness (QED) is 0.776. The van der Waals surface area contributed by atoms with Gasteiger partial charge in [0.15, 0.2) is 0 Å². The standard InChI is InChI=1S/C16H30N2O/c1-10(2)5-4-6-11(3)18-16(19)14-12-7-8-13(9-12)15(14)17/h10-15H,4-9,17H2,1-3H3,(H,18,19). The first kappa shape index (κ1) is 14.8. The molecule has 3 nitrogen and oxygen atoms in total. The molecule has 3 N–H and O–H groups in total. The van der Waals surface area contributed by atoms with Crippen LogP contribution in [-0.4, -0.2) is 18.0 Å². The first-order valence-corrected chi connectivity index (χ1v) is 8.05. The number of hydrogen-bond donors (Lipinski definition) is 2. The Kier molecular flexibility index (Phi) is 4.88. The van der Waals surface area contributed by atoms with Crippen molar-refractivity contribution in [3.05, 3.63) is 0 Å². The van der Waals surface area contributed by atoms with Crippen molar-refractivity contribution >= 4 is 5.91 Å². The summed E-state index contributed by atoms with van der Waals surface area (Å²) < 4.78 is 0. The van der Waals surface area contributed by atoms with Gasteiger partial charge in [0.1, 0.15) is 0 Å². The molecule has 2 aliphatic carbocycles. The van der Waals surface area contributed by atoms with Gasteiger partial charge in [0, 0.05) is 12.1 Å². The summed E-state index contributed by atoms with van der Waals surface area (Å²) in [7, 11) is 0. The summed E-state index contributed by atoms with van der Waals surface area (Å²) in [6, 6.07) is 0.402. The van der Waals surface area contributed by atoms with E-state index in [4.69, 9.17) is 5.73 Å². The molecule has 1 amide bonds. The van der Waals surface area contributed by atoms with Crippen LogP contribution in [0.3, 0.4) is 0 Å². The van der Waals surface area contributed by atoms with Crippen LogP contribution < -0.4 is 11.1 Å². The van der Waals surface area contributed by atoms with Crippen LogP contribution in [0.2, 0.25) is 0 Å². The van der Waals surface area contributed by atoms with E-state index >= 15 is 0 Å². The highest BCUT2D eigenvalue weighted by Gasteiger charge is 2.49. The fourth-order valence-electron chi connectivity index (χ4n) is 3.97. The van der Waals surface area contributed by atoms with Crippen LogP contribution in [0.25, 0.3) is 0 Å². The number of carbonyl (C=O) groups is 1. The Morgan fingerprint density at radius 2 is 1.89 bits per heavy atom. The molecule has 3 heteroatoms. The molecule has 0 aromatic rings. The van der Waals surface area contributed by atoms with Crippen molar-refractivity contribution in [2.24, 2.45) is 29.4 Å². The Hall–Kier alpha value is -0.570. The summed E-state index contributed by atoms with van der Waals surface area (Å²) in [5.41, 5.74) is 6.22. The molecule has 2 aliphatic rings. The Morgan fingerprint density at radius 1 is 1.21 bits per heavy atom. The Morgan fingerprint density at radius 3 is 2.47 bits per heavy atom. The lowest BCUT2D eigenvalue weighted by molar-refractivity contribution is -0.127. The lowest BCUT2D eigenvalue weighted by Crippen LogP contribution is -2.47. The summed E-state index contributed by atoms with van der Waals surface area (Å²) >= 11 is 0. The van der Waals surface area contributed by atoms with Crippen molar-refractivity contribution in [3.8, 4) is 0 Å². The molecule has 0 aliphatic heterocycles. The normalized spacial score (nSPS) is 34.8. The predicted molar refractivity (Wildman–Crippen MR) is 78.6 cm³/mol. The van der Waals surface area contributed by atoms with E-state index in [0.717, 1.165) is 12.3 Å². The van der Waals surface area contributed by atoms with Gasteiger partial charge in [-0.25, -0.2) is 0 Å². The average Bonchev–Trinajstić information content (AvgIpc) is 2.88. The second-order valence-electron chi connectivity index (χ2n) is 7.17. The van der Waals surface area contributed by atoms with Crippen molar-refractivity contribution in [2.45, 2.75) is 71.4 Å². The summed E-state index contributed by atoms with van der Waals surface area (Å²) in [6.07, 6.45) is 7.15. The highest BCUT2D eigenvalue weighted by molar-refractivity contribution is 5.80. The third-order valence-corrected chi connectivity index (χ3v) is 5.09. The number of fused-ring (bicyclic) bond motifs is 2. The van der Waals surface area contributed by atoms with Gasteiger partial charge in [-0.2, -0.15) is 0 Å². The molecule has 0 spiro atoms. The maximum atomic E-state index is 12.4. The van der Waals surface area contributed by atoms with Gasteiger partial charge in [0.25, 0.3) is 0 Å². The fraction of sp³-hybridized carbons (Fsp3) is 0.938. The number of nitrogens with two attached hydrogens (primary N) is 1. The molecule has 0 heterocycles. The van der Waals surface area contributed by atoms with Gasteiger partial charge in [-0.3, -0.25) is 4.79 Å². The van der Waals surface area contributed by atoms with E-state index < -0.39 is 0 Å². The summed E-state index contributed by atoms with van der Waals surface area (Å²) in [6.45, 7) is 6.62. The van der Waals surface area contributed by atoms with Gasteiger partial charge in [-0.15, -0.1) is 0 Å². The predicted octanol–water partition coefficient (Wildman–Crippen LogP) is 2.69. The molecular formula is C16H30N2O. The molecule has 2 bridgehead atoms. The van der Waals surface area contributed by atoms with Crippen molar-refractivity contribution in [2.75, 3.05) is 0 Å². The van der Waals surface area contributed by atoms with Gasteiger partial charge in [0.05, 0.1) is 5.92 Å². The topological polar surface area (TPSA) is 55.1 Å². The first-order chi connectivity index (χ1) is 8.99. The smallest absolute Gasteiger partial charge is 0.225 e. The maximum absolute atomic E-state index is 12.4. The first-order valence-electron chi connectivity index (χ1n) is 8.05. The van der Waals surface area contributed by atoms with Crippen LogP contribution in [0.4, 0.5) is 0 Å². The van der Waals surface area contributed by atoms with Gasteiger partial charge >= 0.3 is 0 Å². The van der Waals surface area contributed by atoms with Crippen LogP contribution in [-0.2, 0) is 4.79 Å². The number of nitrogens with one attached hydrogen (secondary N) is 1. The van der Waals surface area contributed by atoms with E-state index in [1.54, 1.807) is 0 Å². The molecule has 0 radical (unpaired) electrons. The third kappa shape index (κ3) is 3.50. The number of amides is 1. The van der Waals surface area contributed by atoms with Gasteiger partial charge < -0.3 is 11.1 Å². The molecule has 0 aromatic heterocycles. The molecule has 2 saturated carbocycles. The van der Waals surface area contributed by atoms with Gasteiger partial charge in [-0.05, 0) is 50.4 Å². The zero-order valence-electron chi connectivity index (χ0n) is 12.7. The maximum Gasteiger partial charge on any atom is 0.225 e. The minimum absolute atomic E-state index is 0.0892. The molecule has 2 rings (SSSR count). The van der Waals surface area contributed by atoms with Crippen LogP contribution in [0, 0.1) is 23.7 Å². The van der Waals surface area contributed by atoms with Gasteiger partial charge in [-0.1, -0.05) is 26.7 Å². The van der Waals surface area contributed by atoms with Crippen molar-refractivity contribution in [3.63, 3.8) is 0 Å². The molecule has 5 atom stereocenters. The van der Waals surface area contributed by atoms with Crippen LogP contribution in [0.15, 0.2) is 0 Å². The molecule has 5 unspecified atom stereocenters. The van der Waals surface area contributed by atoms with E-state index in [0.29, 0.717) is 11.8 Å². The Bertz CT molecular complexity index is 314. The minimum atomic E-state index is 0.0892. The van der Waals surface area contributed by atoms with E-state index in [9.17, 15) is 4.79 Å². The molecular weight excluding hydrogens is 236 g/mol. The summed E-state index contributed by atoms with van der Waals surface area (Å²) in [5.74, 6) is 2.23. The van der Waals surface area contributed by atoms with Crippen molar-refractivity contribution in [1.29, 1.82) is 0 Å². The zero-order chi connectivity index (χ0) is 14.0. The molecule has 2 fully saturated rings. The van der Waals surface area contributed by atoms with E-state index in [2.05, 4.69) is 26.1 Å². The van der Waals surface area contributed by atoms with Crippen LogP contribution in [0.5, 0.6) is 0 Å². The zero-order valence-corrected chi connectivity index (χ0v) is 12.7. The highest BCUT2D eigenvalue weighted by Crippen LogP contribution is 2.47. The van der Waals surface area contributed by atoms with E-state index in [1.165, 1.54) is 32.1 Å². The summed E-state index contributed by atoms with van der Waals surface area (Å²) in [4.78, 5) is 12.4. The minimum Gasteiger partial charge on any atom is -0.353 e. The summed E-state index contributed by atoms with van der Waals surface area (Å²) in [5, 5.41) is 3.19. The second-order valence-corrected chi connectivity index (χ2v) is 7.17. The SMILES string of the molecule is CC(C)CCCC(C)NC(=O)C1C2CCC(C2)C1N. The third-order valence-electron chi connectivity index (χ3n) is 5.09. The van der Waals surface area contributed by atoms with E-state index in [1.807, 2.05) is 0 Å². The van der Waals surface area contributed by atoms with Crippen molar-refractivity contribution < 1.29 is 4.79 Å². The fourth-order valence-corrected chi connectivity index (χ4v) is 3.97. The largest absolute Gasteiger partial charge is 0.353 e. The monoisotopic (exact) mass is 266 g/mol. The lowest BCUT2D eigenvalue weighted by atomic mass is 9.84. The number of carbonyl (C=O) groups excluding carboxylic acids is 1. The number of hydrogen-bond acceptors (Lipinski definition) is 2. The molecule has 110 valence electrons. The van der Waals surface area contributed by atoms with Crippen molar-refractivity contribution in [1.82, 2.24) is 5.32 Å². The molecule has 19 heavy (non-hydrogen) atoms. The second kappa shape index (κ2) is 6.25. The molecule has 0 aromatic carbocycles. The average molecular weight is 266 g/mol. The molecule has 0 saturated heterocycles. The Labute approximate surface area is 117 Å². The van der Waals surface area contributed by atoms with Crippen LogP contribution >= 0.6 is 0 Å². The lowest BCUT2D eigenvalue weighted by Gasteiger charge is -2.28. The van der Waals surface area contributed by atoms with Crippen LogP contribution in [0.1, 0.15) is 59.3 Å². The van der Waals surface area contributed by atoms with Gasteiger partial charge in [0.2, 0.25) is 5.91 Å². The Balaban J connectivity index is 1.75. The number of rotatable bonds is 6.